The Labute approximate surface area is 189 Å². The van der Waals surface area contributed by atoms with E-state index in [1.807, 2.05) is 35.2 Å². The van der Waals surface area contributed by atoms with Crippen molar-refractivity contribution in [1.82, 2.24) is 9.88 Å². The first-order chi connectivity index (χ1) is 14.8. The molecule has 31 heavy (non-hydrogen) atoms. The van der Waals surface area contributed by atoms with Gasteiger partial charge in [0, 0.05) is 19.3 Å². The first kappa shape index (κ1) is 22.2. The van der Waals surface area contributed by atoms with E-state index >= 15 is 0 Å². The Morgan fingerprint density at radius 2 is 1.94 bits per heavy atom. The van der Waals surface area contributed by atoms with E-state index in [1.165, 1.54) is 17.3 Å². The van der Waals surface area contributed by atoms with Crippen LogP contribution in [0.2, 0.25) is 0 Å². The molecule has 166 valence electrons. The van der Waals surface area contributed by atoms with Crippen molar-refractivity contribution in [2.24, 2.45) is 11.8 Å². The Hall–Kier alpha value is -2.05. The molecule has 6 heteroatoms. The maximum absolute atomic E-state index is 12.7. The molecular formula is C25H32N2O3S. The number of rotatable bonds is 5. The second-order valence-corrected chi connectivity index (χ2v) is 10.7. The third-order valence-corrected chi connectivity index (χ3v) is 7.33. The highest BCUT2D eigenvalue weighted by Gasteiger charge is 2.43. The summed E-state index contributed by atoms with van der Waals surface area (Å²) >= 11 is 1.48. The van der Waals surface area contributed by atoms with E-state index in [9.17, 15) is 9.90 Å². The van der Waals surface area contributed by atoms with Crippen LogP contribution < -0.4 is 4.74 Å². The van der Waals surface area contributed by atoms with Crippen molar-refractivity contribution in [1.29, 1.82) is 0 Å². The number of nitrogens with zero attached hydrogens (tertiary/aromatic N) is 2. The van der Waals surface area contributed by atoms with E-state index in [4.69, 9.17) is 4.74 Å². The Morgan fingerprint density at radius 3 is 2.65 bits per heavy atom. The van der Waals surface area contributed by atoms with Crippen LogP contribution in [0.4, 0.5) is 0 Å². The molecule has 4 rings (SSSR count). The summed E-state index contributed by atoms with van der Waals surface area (Å²) in [5.74, 6) is 2.09. The molecule has 1 saturated heterocycles. The van der Waals surface area contributed by atoms with Crippen molar-refractivity contribution in [3.05, 3.63) is 54.2 Å². The van der Waals surface area contributed by atoms with Crippen LogP contribution >= 0.6 is 11.8 Å². The summed E-state index contributed by atoms with van der Waals surface area (Å²) in [4.78, 5) is 19.0. The molecular weight excluding hydrogens is 408 g/mol. The molecule has 1 aliphatic carbocycles. The lowest BCUT2D eigenvalue weighted by molar-refractivity contribution is -0.127. The summed E-state index contributed by atoms with van der Waals surface area (Å²) in [6, 6.07) is 13.9. The van der Waals surface area contributed by atoms with Gasteiger partial charge in [-0.25, -0.2) is 4.98 Å². The predicted molar refractivity (Wildman–Crippen MR) is 123 cm³/mol. The number of ether oxygens (including phenoxy) is 1. The summed E-state index contributed by atoms with van der Waals surface area (Å²) in [5, 5.41) is 11.6. The van der Waals surface area contributed by atoms with Gasteiger partial charge in [0.15, 0.2) is 0 Å². The average Bonchev–Trinajstić information content (AvgIpc) is 3.15. The fraction of sp³-hybridized carbons (Fsp3) is 0.520. The van der Waals surface area contributed by atoms with Crippen LogP contribution in [-0.4, -0.2) is 51.9 Å². The van der Waals surface area contributed by atoms with Crippen molar-refractivity contribution in [3.8, 4) is 5.75 Å². The van der Waals surface area contributed by atoms with E-state index in [2.05, 4.69) is 37.9 Å². The molecule has 1 aromatic carbocycles. The molecule has 5 nitrogen and oxygen atoms in total. The zero-order valence-electron chi connectivity index (χ0n) is 18.5. The summed E-state index contributed by atoms with van der Waals surface area (Å²) in [5.41, 5.74) is 1.27. The molecule has 2 aliphatic rings. The third-order valence-electron chi connectivity index (χ3n) is 6.41. The lowest BCUT2D eigenvalue weighted by atomic mass is 9.78. The summed E-state index contributed by atoms with van der Waals surface area (Å²) in [6.45, 7) is 8.03. The topological polar surface area (TPSA) is 62.7 Å². The van der Waals surface area contributed by atoms with Gasteiger partial charge in [-0.05, 0) is 59.9 Å². The molecule has 2 heterocycles. The van der Waals surface area contributed by atoms with Crippen LogP contribution in [0.5, 0.6) is 5.75 Å². The van der Waals surface area contributed by atoms with Crippen molar-refractivity contribution in [2.75, 3.05) is 18.8 Å². The molecule has 0 unspecified atom stereocenters. The number of amides is 1. The fourth-order valence-corrected chi connectivity index (χ4v) is 5.35. The number of thioether (sulfide) groups is 1. The number of fused-ring (bicyclic) bond motifs is 1. The molecule has 1 aromatic heterocycles. The van der Waals surface area contributed by atoms with Gasteiger partial charge in [-0.2, -0.15) is 0 Å². The lowest BCUT2D eigenvalue weighted by Crippen LogP contribution is -2.42. The zero-order chi connectivity index (χ0) is 22.0. The van der Waals surface area contributed by atoms with E-state index < -0.39 is 6.10 Å². The number of benzene rings is 1. The molecule has 0 radical (unpaired) electrons. The van der Waals surface area contributed by atoms with Crippen molar-refractivity contribution >= 4 is 17.7 Å². The molecule has 1 saturated carbocycles. The summed E-state index contributed by atoms with van der Waals surface area (Å²) < 4.78 is 6.25. The number of hydrogen-bond donors (Lipinski definition) is 1. The Morgan fingerprint density at radius 1 is 1.16 bits per heavy atom. The Kier molecular flexibility index (Phi) is 6.58. The van der Waals surface area contributed by atoms with Gasteiger partial charge in [-0.1, -0.05) is 50.7 Å². The van der Waals surface area contributed by atoms with Gasteiger partial charge >= 0.3 is 0 Å². The Bertz CT molecular complexity index is 899. The van der Waals surface area contributed by atoms with Gasteiger partial charge in [-0.3, -0.25) is 4.79 Å². The highest BCUT2D eigenvalue weighted by Crippen LogP contribution is 2.38. The van der Waals surface area contributed by atoms with Crippen LogP contribution in [0.1, 0.15) is 39.2 Å². The smallest absolute Gasteiger partial charge is 0.233 e. The van der Waals surface area contributed by atoms with E-state index in [0.29, 0.717) is 24.0 Å². The molecule has 2 aromatic rings. The summed E-state index contributed by atoms with van der Waals surface area (Å²) in [7, 11) is 0. The minimum absolute atomic E-state index is 0.0508. The maximum atomic E-state index is 12.7. The van der Waals surface area contributed by atoms with Crippen LogP contribution in [0.3, 0.4) is 0 Å². The molecule has 0 spiro atoms. The number of pyridine rings is 1. The maximum Gasteiger partial charge on any atom is 0.233 e. The van der Waals surface area contributed by atoms with E-state index in [1.54, 1.807) is 6.20 Å². The number of aliphatic hydroxyl groups excluding tert-OH is 1. The number of aliphatic hydroxyl groups is 1. The standard InChI is InChI=1S/C25H32N2O3S/c1-25(2,3)19-7-6-8-20(13-19)30-22-12-18-15-27(14-17(18)11-21(22)28)24(29)16-31-23-9-4-5-10-26-23/h4-10,13,17-18,21-22,28H,11-12,14-16H2,1-3H3/t17-,18+,21+,22+/m0/s1. The van der Waals surface area contributed by atoms with Crippen LogP contribution in [-0.2, 0) is 10.2 Å². The quantitative estimate of drug-likeness (QED) is 0.708. The first-order valence-electron chi connectivity index (χ1n) is 11.1. The second kappa shape index (κ2) is 9.21. The van der Waals surface area contributed by atoms with E-state index in [0.717, 1.165) is 30.3 Å². The van der Waals surface area contributed by atoms with Gasteiger partial charge in [0.2, 0.25) is 5.91 Å². The molecule has 1 N–H and O–H groups in total. The normalized spacial score (nSPS) is 25.9. The zero-order valence-corrected chi connectivity index (χ0v) is 19.3. The number of hydrogen-bond acceptors (Lipinski definition) is 5. The molecule has 0 bridgehead atoms. The molecule has 1 aliphatic heterocycles. The lowest BCUT2D eigenvalue weighted by Gasteiger charge is -2.35. The third kappa shape index (κ3) is 5.42. The van der Waals surface area contributed by atoms with Crippen molar-refractivity contribution in [2.45, 2.75) is 56.3 Å². The van der Waals surface area contributed by atoms with Crippen molar-refractivity contribution < 1.29 is 14.6 Å². The minimum atomic E-state index is -0.502. The van der Waals surface area contributed by atoms with Crippen LogP contribution in [0, 0.1) is 11.8 Å². The predicted octanol–water partition coefficient (Wildman–Crippen LogP) is 4.15. The van der Waals surface area contributed by atoms with Gasteiger partial charge in [0.25, 0.3) is 0 Å². The molecule has 4 atom stereocenters. The fourth-order valence-electron chi connectivity index (χ4n) is 4.59. The largest absolute Gasteiger partial charge is 0.488 e. The first-order valence-corrected chi connectivity index (χ1v) is 12.0. The number of carbonyl (C=O) groups excluding carboxylic acids is 1. The van der Waals surface area contributed by atoms with E-state index in [-0.39, 0.29) is 17.4 Å². The SMILES string of the molecule is CC(C)(C)c1cccc(O[C@@H]2C[C@@H]3CN(C(=O)CSc4ccccn4)C[C@@H]3C[C@H]2O)c1. The Balaban J connectivity index is 1.34. The van der Waals surface area contributed by atoms with Crippen LogP contribution in [0.15, 0.2) is 53.7 Å². The highest BCUT2D eigenvalue weighted by molar-refractivity contribution is 7.99. The number of carbonyl (C=O) groups is 1. The highest BCUT2D eigenvalue weighted by atomic mass is 32.2. The second-order valence-electron chi connectivity index (χ2n) is 9.75. The van der Waals surface area contributed by atoms with Gasteiger partial charge < -0.3 is 14.7 Å². The van der Waals surface area contributed by atoms with Gasteiger partial charge in [0.05, 0.1) is 16.9 Å². The van der Waals surface area contributed by atoms with Gasteiger partial charge in [0.1, 0.15) is 11.9 Å². The molecule has 1 amide bonds. The minimum Gasteiger partial charge on any atom is -0.488 e. The average molecular weight is 441 g/mol. The monoisotopic (exact) mass is 440 g/mol. The van der Waals surface area contributed by atoms with Crippen molar-refractivity contribution in [3.63, 3.8) is 0 Å². The number of aromatic nitrogens is 1. The summed E-state index contributed by atoms with van der Waals surface area (Å²) in [6.07, 6.45) is 2.48. The van der Waals surface area contributed by atoms with Gasteiger partial charge in [-0.15, -0.1) is 0 Å². The van der Waals surface area contributed by atoms with Crippen LogP contribution in [0.25, 0.3) is 0 Å². The number of likely N-dealkylation sites (tertiary alicyclic amines) is 1. The molecule has 2 fully saturated rings.